The van der Waals surface area contributed by atoms with Crippen LogP contribution in [0.1, 0.15) is 35.9 Å². The normalized spacial score (nSPS) is 13.9. The van der Waals surface area contributed by atoms with Crippen LogP contribution in [0.5, 0.6) is 0 Å². The Kier molecular flexibility index (Phi) is 5.53. The number of ketones is 1. The van der Waals surface area contributed by atoms with Crippen molar-refractivity contribution in [1.29, 1.82) is 0 Å². The number of carbonyl (C=O) groups is 2. The topological polar surface area (TPSA) is 101 Å². The molecular formula is C13H17NO4S. The zero-order chi connectivity index (χ0) is 14.6. The Morgan fingerprint density at radius 2 is 1.95 bits per heavy atom. The van der Waals surface area contributed by atoms with Crippen molar-refractivity contribution in [2.75, 3.05) is 11.5 Å². The summed E-state index contributed by atoms with van der Waals surface area (Å²) in [6.45, 7) is 2.81. The van der Waals surface area contributed by atoms with Crippen molar-refractivity contribution in [3.05, 3.63) is 29.3 Å². The number of benzene rings is 1. The summed E-state index contributed by atoms with van der Waals surface area (Å²) in [7, 11) is 0. The van der Waals surface area contributed by atoms with Gasteiger partial charge in [-0.1, -0.05) is 23.9 Å². The minimum Gasteiger partial charge on any atom is -0.398 e. The molecule has 0 aliphatic carbocycles. The van der Waals surface area contributed by atoms with Gasteiger partial charge in [0.15, 0.2) is 10.9 Å². The minimum absolute atomic E-state index is 0.0877. The lowest BCUT2D eigenvalue weighted by atomic mass is 10.00. The van der Waals surface area contributed by atoms with Crippen LogP contribution >= 0.6 is 11.8 Å². The quantitative estimate of drug-likeness (QED) is 0.553. The first-order valence-electron chi connectivity index (χ1n) is 5.72. The Balaban J connectivity index is 2.84. The number of anilines is 1. The van der Waals surface area contributed by atoms with Crippen LogP contribution in [0.15, 0.2) is 18.2 Å². The molecule has 6 heteroatoms. The number of thioether (sulfide) groups is 1. The highest BCUT2D eigenvalue weighted by atomic mass is 32.2. The summed E-state index contributed by atoms with van der Waals surface area (Å²) in [5.74, 6) is -0.0369. The molecule has 19 heavy (non-hydrogen) atoms. The van der Waals surface area contributed by atoms with E-state index in [1.54, 1.807) is 6.07 Å². The van der Waals surface area contributed by atoms with Gasteiger partial charge >= 0.3 is 0 Å². The number of carbonyl (C=O) groups excluding carboxylic acids is 2. The van der Waals surface area contributed by atoms with Crippen LogP contribution in [-0.2, 0) is 4.79 Å². The number of rotatable bonds is 5. The van der Waals surface area contributed by atoms with Gasteiger partial charge < -0.3 is 15.9 Å². The average Bonchev–Trinajstić information content (AvgIpc) is 2.34. The van der Waals surface area contributed by atoms with Gasteiger partial charge in [0.1, 0.15) is 6.10 Å². The molecule has 0 bridgehead atoms. The largest absolute Gasteiger partial charge is 0.398 e. The summed E-state index contributed by atoms with van der Waals surface area (Å²) < 4.78 is 0. The Labute approximate surface area is 115 Å². The Morgan fingerprint density at radius 1 is 1.32 bits per heavy atom. The summed E-state index contributed by atoms with van der Waals surface area (Å²) >= 11 is 0.932. The zero-order valence-electron chi connectivity index (χ0n) is 10.8. The molecular weight excluding hydrogens is 266 g/mol. The lowest BCUT2D eigenvalue weighted by molar-refractivity contribution is -0.109. The Bertz CT molecular complexity index is 490. The van der Waals surface area contributed by atoms with Crippen molar-refractivity contribution >= 4 is 28.3 Å². The number of hydrogen-bond acceptors (Lipinski definition) is 6. The maximum atomic E-state index is 11.2. The van der Waals surface area contributed by atoms with E-state index in [1.165, 1.54) is 26.0 Å². The maximum Gasteiger partial charge on any atom is 0.185 e. The molecule has 0 amide bonds. The Hall–Kier alpha value is -1.37. The molecule has 1 aromatic carbocycles. The molecule has 0 heterocycles. The molecule has 0 aromatic heterocycles. The molecule has 0 saturated carbocycles. The van der Waals surface area contributed by atoms with Crippen molar-refractivity contribution in [2.24, 2.45) is 0 Å². The van der Waals surface area contributed by atoms with Crippen LogP contribution < -0.4 is 5.73 Å². The zero-order valence-corrected chi connectivity index (χ0v) is 11.6. The monoisotopic (exact) mass is 283 g/mol. The molecule has 0 radical (unpaired) electrons. The van der Waals surface area contributed by atoms with Crippen molar-refractivity contribution in [3.8, 4) is 0 Å². The molecule has 2 unspecified atom stereocenters. The summed E-state index contributed by atoms with van der Waals surface area (Å²) in [4.78, 5) is 22.0. The summed E-state index contributed by atoms with van der Waals surface area (Å²) in [5, 5.41) is 19.6. The molecule has 5 nitrogen and oxygen atoms in total. The molecule has 0 aliphatic rings. The lowest BCUT2D eigenvalue weighted by Crippen LogP contribution is -2.22. The van der Waals surface area contributed by atoms with Crippen LogP contribution in [0, 0.1) is 0 Å². The number of aliphatic hydroxyl groups excluding tert-OH is 2. The number of nitrogen functional groups attached to an aromatic ring is 1. The van der Waals surface area contributed by atoms with Gasteiger partial charge in [-0.2, -0.15) is 0 Å². The SMILES string of the molecule is CC(=O)SCC(O)C(O)c1ccc(C(C)=O)cc1N. The highest BCUT2D eigenvalue weighted by Crippen LogP contribution is 2.26. The second-order valence-corrected chi connectivity index (χ2v) is 5.41. The van der Waals surface area contributed by atoms with Crippen LogP contribution in [0.3, 0.4) is 0 Å². The summed E-state index contributed by atoms with van der Waals surface area (Å²) in [6.07, 6.45) is -2.28. The molecule has 4 N–H and O–H groups in total. The number of nitrogens with two attached hydrogens (primary N) is 1. The minimum atomic E-state index is -1.19. The molecule has 1 rings (SSSR count). The van der Waals surface area contributed by atoms with E-state index in [4.69, 9.17) is 5.73 Å². The predicted molar refractivity (Wildman–Crippen MR) is 75.0 cm³/mol. The van der Waals surface area contributed by atoms with Gasteiger partial charge in [-0.25, -0.2) is 0 Å². The van der Waals surface area contributed by atoms with Gasteiger partial charge in [-0.3, -0.25) is 9.59 Å². The van der Waals surface area contributed by atoms with Gasteiger partial charge in [-0.15, -0.1) is 0 Å². The predicted octanol–water partition coefficient (Wildman–Crippen LogP) is 1.15. The highest BCUT2D eigenvalue weighted by Gasteiger charge is 2.21. The standard InChI is InChI=1S/C13H17NO4S/c1-7(15)9-3-4-10(11(14)5-9)13(18)12(17)6-19-8(2)16/h3-5,12-13,17-18H,6,14H2,1-2H3. The van der Waals surface area contributed by atoms with Gasteiger partial charge in [0.25, 0.3) is 0 Å². The second-order valence-electron chi connectivity index (χ2n) is 4.21. The summed E-state index contributed by atoms with van der Waals surface area (Å²) in [6, 6.07) is 4.52. The first-order valence-corrected chi connectivity index (χ1v) is 6.71. The van der Waals surface area contributed by atoms with Gasteiger partial charge in [0, 0.05) is 29.5 Å². The third kappa shape index (κ3) is 4.34. The Morgan fingerprint density at radius 3 is 2.42 bits per heavy atom. The van der Waals surface area contributed by atoms with Crippen LogP contribution in [0.25, 0.3) is 0 Å². The average molecular weight is 283 g/mol. The first kappa shape index (κ1) is 15.7. The van der Waals surface area contributed by atoms with E-state index in [9.17, 15) is 19.8 Å². The molecule has 2 atom stereocenters. The maximum absolute atomic E-state index is 11.2. The van der Waals surface area contributed by atoms with E-state index >= 15 is 0 Å². The van der Waals surface area contributed by atoms with E-state index < -0.39 is 12.2 Å². The van der Waals surface area contributed by atoms with Gasteiger partial charge in [-0.05, 0) is 13.0 Å². The molecule has 0 spiro atoms. The third-order valence-electron chi connectivity index (χ3n) is 2.63. The number of Topliss-reactive ketones (excluding diaryl/α,β-unsaturated/α-hetero) is 1. The van der Waals surface area contributed by atoms with Crippen molar-refractivity contribution in [3.63, 3.8) is 0 Å². The molecule has 0 aliphatic heterocycles. The van der Waals surface area contributed by atoms with E-state index in [2.05, 4.69) is 0 Å². The first-order chi connectivity index (χ1) is 8.82. The molecule has 0 fully saturated rings. The van der Waals surface area contributed by atoms with Crippen LogP contribution in [0.2, 0.25) is 0 Å². The van der Waals surface area contributed by atoms with E-state index in [0.717, 1.165) is 11.8 Å². The smallest absolute Gasteiger partial charge is 0.185 e. The highest BCUT2D eigenvalue weighted by molar-refractivity contribution is 8.13. The number of hydrogen-bond donors (Lipinski definition) is 3. The number of aliphatic hydroxyl groups is 2. The molecule has 104 valence electrons. The van der Waals surface area contributed by atoms with Gasteiger partial charge in [0.2, 0.25) is 0 Å². The van der Waals surface area contributed by atoms with Crippen molar-refractivity contribution in [1.82, 2.24) is 0 Å². The lowest BCUT2D eigenvalue weighted by Gasteiger charge is -2.19. The third-order valence-corrected chi connectivity index (χ3v) is 3.55. The van der Waals surface area contributed by atoms with Crippen LogP contribution in [-0.4, -0.2) is 33.0 Å². The van der Waals surface area contributed by atoms with Gasteiger partial charge in [0.05, 0.1) is 6.10 Å². The van der Waals surface area contributed by atoms with E-state index in [0.29, 0.717) is 11.1 Å². The van der Waals surface area contributed by atoms with Crippen molar-refractivity contribution in [2.45, 2.75) is 26.1 Å². The van der Waals surface area contributed by atoms with Crippen LogP contribution in [0.4, 0.5) is 5.69 Å². The molecule has 0 saturated heterocycles. The van der Waals surface area contributed by atoms with Crippen molar-refractivity contribution < 1.29 is 19.8 Å². The summed E-state index contributed by atoms with van der Waals surface area (Å²) in [5.41, 5.74) is 6.79. The van der Waals surface area contributed by atoms with E-state index in [-0.39, 0.29) is 22.3 Å². The fourth-order valence-corrected chi connectivity index (χ4v) is 2.15. The second kappa shape index (κ2) is 6.70. The fourth-order valence-electron chi connectivity index (χ4n) is 1.56. The van der Waals surface area contributed by atoms with E-state index in [1.807, 2.05) is 0 Å². The molecule has 1 aromatic rings. The fraction of sp³-hybridized carbons (Fsp3) is 0.385.